The molecular formula is C20H21N3O3. The molecule has 1 aromatic heterocycles. The van der Waals surface area contributed by atoms with Gasteiger partial charge in [0.1, 0.15) is 18.0 Å². The maximum absolute atomic E-state index is 12.3. The number of hydrogen-bond acceptors (Lipinski definition) is 4. The quantitative estimate of drug-likeness (QED) is 0.767. The molecule has 1 N–H and O–H groups in total. The lowest BCUT2D eigenvalue weighted by molar-refractivity contribution is -0.121. The van der Waals surface area contributed by atoms with Crippen molar-refractivity contribution in [1.29, 1.82) is 0 Å². The Hall–Kier alpha value is -3.02. The minimum atomic E-state index is -0.0197. The van der Waals surface area contributed by atoms with E-state index in [1.807, 2.05) is 47.0 Å². The monoisotopic (exact) mass is 351 g/mol. The molecule has 0 spiro atoms. The highest BCUT2D eigenvalue weighted by atomic mass is 16.5. The number of benzene rings is 2. The first-order valence-electron chi connectivity index (χ1n) is 8.69. The van der Waals surface area contributed by atoms with E-state index >= 15 is 0 Å². The fraction of sp³-hybridized carbons (Fsp3) is 0.300. The Morgan fingerprint density at radius 3 is 3.12 bits per heavy atom. The first-order chi connectivity index (χ1) is 12.7. The Bertz CT molecular complexity index is 935. The molecule has 1 aliphatic heterocycles. The molecule has 0 saturated heterocycles. The highest BCUT2D eigenvalue weighted by molar-refractivity contribution is 5.80. The zero-order chi connectivity index (χ0) is 17.9. The fourth-order valence-electron chi connectivity index (χ4n) is 3.28. The number of nitrogens with zero attached hydrogens (tertiary/aromatic N) is 2. The van der Waals surface area contributed by atoms with Crippen molar-refractivity contribution in [3.05, 3.63) is 54.4 Å². The fourth-order valence-corrected chi connectivity index (χ4v) is 3.28. The van der Waals surface area contributed by atoms with Crippen LogP contribution in [0, 0.1) is 5.92 Å². The summed E-state index contributed by atoms with van der Waals surface area (Å²) in [6.07, 6.45) is 2.59. The number of amides is 1. The van der Waals surface area contributed by atoms with Crippen LogP contribution >= 0.6 is 0 Å². The van der Waals surface area contributed by atoms with Crippen LogP contribution in [0.1, 0.15) is 5.56 Å². The largest absolute Gasteiger partial charge is 0.497 e. The van der Waals surface area contributed by atoms with E-state index < -0.39 is 0 Å². The second kappa shape index (κ2) is 7.07. The minimum absolute atomic E-state index is 0.0197. The van der Waals surface area contributed by atoms with Gasteiger partial charge in [-0.3, -0.25) is 4.79 Å². The number of carbonyl (C=O) groups is 1. The Balaban J connectivity index is 1.33. The molecule has 6 nitrogen and oxygen atoms in total. The minimum Gasteiger partial charge on any atom is -0.497 e. The van der Waals surface area contributed by atoms with Gasteiger partial charge in [0.2, 0.25) is 5.91 Å². The van der Waals surface area contributed by atoms with Crippen LogP contribution in [0.3, 0.4) is 0 Å². The van der Waals surface area contributed by atoms with E-state index in [-0.39, 0.29) is 18.4 Å². The molecule has 2 aromatic carbocycles. The molecule has 26 heavy (non-hydrogen) atoms. The number of aromatic nitrogens is 2. The van der Waals surface area contributed by atoms with E-state index in [0.717, 1.165) is 34.5 Å². The average Bonchev–Trinajstić information content (AvgIpc) is 3.08. The molecule has 1 atom stereocenters. The van der Waals surface area contributed by atoms with E-state index in [4.69, 9.17) is 9.47 Å². The molecule has 0 fully saturated rings. The van der Waals surface area contributed by atoms with E-state index in [2.05, 4.69) is 10.3 Å². The van der Waals surface area contributed by atoms with E-state index in [1.54, 1.807) is 13.4 Å². The van der Waals surface area contributed by atoms with Crippen molar-refractivity contribution >= 4 is 16.9 Å². The van der Waals surface area contributed by atoms with Crippen molar-refractivity contribution < 1.29 is 14.3 Å². The molecule has 6 heteroatoms. The van der Waals surface area contributed by atoms with Crippen LogP contribution in [0.15, 0.2) is 48.8 Å². The maximum atomic E-state index is 12.3. The number of rotatable bonds is 5. The van der Waals surface area contributed by atoms with Crippen molar-refractivity contribution in [2.45, 2.75) is 13.0 Å². The van der Waals surface area contributed by atoms with Crippen molar-refractivity contribution in [2.75, 3.05) is 20.3 Å². The molecule has 0 unspecified atom stereocenters. The van der Waals surface area contributed by atoms with Gasteiger partial charge in [-0.2, -0.15) is 0 Å². The van der Waals surface area contributed by atoms with E-state index in [1.165, 1.54) is 0 Å². The van der Waals surface area contributed by atoms with Crippen LogP contribution in [0.25, 0.3) is 11.0 Å². The second-order valence-corrected chi connectivity index (χ2v) is 6.52. The second-order valence-electron chi connectivity index (χ2n) is 6.52. The van der Waals surface area contributed by atoms with Gasteiger partial charge >= 0.3 is 0 Å². The summed E-state index contributed by atoms with van der Waals surface area (Å²) in [6.45, 7) is 1.45. The van der Waals surface area contributed by atoms with Gasteiger partial charge in [0, 0.05) is 18.5 Å². The summed E-state index contributed by atoms with van der Waals surface area (Å²) in [7, 11) is 1.65. The van der Waals surface area contributed by atoms with E-state index in [0.29, 0.717) is 13.2 Å². The molecule has 134 valence electrons. The number of nitrogens with one attached hydrogen (secondary N) is 1. The van der Waals surface area contributed by atoms with Gasteiger partial charge in [0.25, 0.3) is 0 Å². The van der Waals surface area contributed by atoms with Crippen LogP contribution in [0.4, 0.5) is 0 Å². The Kier molecular flexibility index (Phi) is 4.48. The number of ether oxygens (including phenoxy) is 2. The van der Waals surface area contributed by atoms with Crippen molar-refractivity contribution in [3.8, 4) is 11.5 Å². The smallest absolute Gasteiger partial charge is 0.240 e. The first-order valence-corrected chi connectivity index (χ1v) is 8.69. The lowest BCUT2D eigenvalue weighted by atomic mass is 9.96. The maximum Gasteiger partial charge on any atom is 0.240 e. The Morgan fingerprint density at radius 2 is 2.23 bits per heavy atom. The van der Waals surface area contributed by atoms with Gasteiger partial charge in [-0.15, -0.1) is 0 Å². The molecule has 3 aromatic rings. The molecule has 2 heterocycles. The lowest BCUT2D eigenvalue weighted by Crippen LogP contribution is -2.36. The predicted molar refractivity (Wildman–Crippen MR) is 98.4 cm³/mol. The van der Waals surface area contributed by atoms with Gasteiger partial charge in [-0.05, 0) is 30.2 Å². The van der Waals surface area contributed by atoms with Crippen LogP contribution in [0.5, 0.6) is 11.5 Å². The van der Waals surface area contributed by atoms with Crippen molar-refractivity contribution in [2.24, 2.45) is 5.92 Å². The summed E-state index contributed by atoms with van der Waals surface area (Å²) in [5.41, 5.74) is 3.01. The Labute approximate surface area is 151 Å². The molecule has 4 rings (SSSR count). The SMILES string of the molecule is COc1ccc2c(c1)OC[C@H](CNC(=O)Cn1cnc3ccccc31)C2. The number of hydrogen-bond donors (Lipinski definition) is 1. The first kappa shape index (κ1) is 16.4. The zero-order valence-corrected chi connectivity index (χ0v) is 14.6. The predicted octanol–water partition coefficient (Wildman–Crippen LogP) is 2.41. The van der Waals surface area contributed by atoms with Gasteiger partial charge < -0.3 is 19.4 Å². The lowest BCUT2D eigenvalue weighted by Gasteiger charge is -2.25. The van der Waals surface area contributed by atoms with Crippen LogP contribution in [-0.4, -0.2) is 35.7 Å². The van der Waals surface area contributed by atoms with Crippen LogP contribution in [0.2, 0.25) is 0 Å². The summed E-state index contributed by atoms with van der Waals surface area (Å²) >= 11 is 0. The summed E-state index contributed by atoms with van der Waals surface area (Å²) < 4.78 is 12.9. The molecule has 0 aliphatic carbocycles. The summed E-state index contributed by atoms with van der Waals surface area (Å²) in [5, 5.41) is 3.02. The van der Waals surface area contributed by atoms with Crippen LogP contribution in [-0.2, 0) is 17.8 Å². The third kappa shape index (κ3) is 3.35. The average molecular weight is 351 g/mol. The van der Waals surface area contributed by atoms with Gasteiger partial charge in [0.15, 0.2) is 0 Å². The molecule has 1 aliphatic rings. The van der Waals surface area contributed by atoms with E-state index in [9.17, 15) is 4.79 Å². The highest BCUT2D eigenvalue weighted by Crippen LogP contribution is 2.30. The Morgan fingerprint density at radius 1 is 1.35 bits per heavy atom. The summed E-state index contributed by atoms with van der Waals surface area (Å²) in [5.74, 6) is 1.91. The number of carbonyl (C=O) groups excluding carboxylic acids is 1. The number of imidazole rings is 1. The number of methoxy groups -OCH3 is 1. The summed E-state index contributed by atoms with van der Waals surface area (Å²) in [4.78, 5) is 16.6. The van der Waals surface area contributed by atoms with Crippen molar-refractivity contribution in [3.63, 3.8) is 0 Å². The highest BCUT2D eigenvalue weighted by Gasteiger charge is 2.21. The molecular weight excluding hydrogens is 330 g/mol. The van der Waals surface area contributed by atoms with Crippen LogP contribution < -0.4 is 14.8 Å². The third-order valence-electron chi connectivity index (χ3n) is 4.69. The molecule has 0 radical (unpaired) electrons. The normalized spacial score (nSPS) is 16.0. The summed E-state index contributed by atoms with van der Waals surface area (Å²) in [6, 6.07) is 13.7. The van der Waals surface area contributed by atoms with Gasteiger partial charge in [-0.25, -0.2) is 4.98 Å². The number of fused-ring (bicyclic) bond motifs is 2. The van der Waals surface area contributed by atoms with Gasteiger partial charge in [0.05, 0.1) is 31.1 Å². The standard InChI is InChI=1S/C20H21N3O3/c1-25-16-7-6-15-8-14(12-26-19(15)9-16)10-21-20(24)11-23-13-22-17-4-2-3-5-18(17)23/h2-7,9,13-14H,8,10-12H2,1H3,(H,21,24)/t14-/m0/s1. The molecule has 1 amide bonds. The molecule has 0 saturated carbocycles. The zero-order valence-electron chi connectivity index (χ0n) is 14.6. The number of para-hydroxylation sites is 2. The topological polar surface area (TPSA) is 65.4 Å². The molecule has 0 bridgehead atoms. The van der Waals surface area contributed by atoms with Gasteiger partial charge in [-0.1, -0.05) is 18.2 Å². The van der Waals surface area contributed by atoms with Crippen molar-refractivity contribution in [1.82, 2.24) is 14.9 Å². The third-order valence-corrected chi connectivity index (χ3v) is 4.69.